The molecule has 0 aromatic heterocycles. The second-order valence-electron chi connectivity index (χ2n) is 9.77. The molecule has 24 heavy (non-hydrogen) atoms. The molecule has 1 aliphatic rings. The minimum atomic E-state index is -1.83. The van der Waals surface area contributed by atoms with Crippen molar-refractivity contribution in [2.45, 2.75) is 104 Å². The first kappa shape index (κ1) is 22.1. The van der Waals surface area contributed by atoms with E-state index in [1.54, 1.807) is 0 Å². The molecule has 1 saturated heterocycles. The van der Waals surface area contributed by atoms with E-state index in [1.807, 2.05) is 13.8 Å². The highest BCUT2D eigenvalue weighted by Gasteiger charge is 2.47. The van der Waals surface area contributed by atoms with Gasteiger partial charge < -0.3 is 19.0 Å². The summed E-state index contributed by atoms with van der Waals surface area (Å²) in [6.07, 6.45) is 0.115. The van der Waals surface area contributed by atoms with Crippen molar-refractivity contribution >= 4 is 8.32 Å². The van der Waals surface area contributed by atoms with Crippen LogP contribution in [-0.2, 0) is 13.9 Å². The van der Waals surface area contributed by atoms with Gasteiger partial charge in [-0.25, -0.2) is 0 Å². The van der Waals surface area contributed by atoms with Gasteiger partial charge in [0.2, 0.25) is 0 Å². The molecule has 0 aromatic rings. The Kier molecular flexibility index (Phi) is 7.13. The summed E-state index contributed by atoms with van der Waals surface area (Å²) < 4.78 is 18.6. The number of rotatable bonds is 7. The number of ether oxygens (including phenoxy) is 2. The van der Waals surface area contributed by atoms with Gasteiger partial charge in [-0.15, -0.1) is 0 Å². The molecule has 1 fully saturated rings. The van der Waals surface area contributed by atoms with Gasteiger partial charge in [0.1, 0.15) is 6.10 Å². The monoisotopic (exact) mass is 360 g/mol. The summed E-state index contributed by atoms with van der Waals surface area (Å²) in [5, 5.41) is 10.7. The van der Waals surface area contributed by atoms with E-state index in [1.165, 1.54) is 0 Å². The van der Waals surface area contributed by atoms with Crippen molar-refractivity contribution < 1.29 is 19.0 Å². The standard InChI is InChI=1S/C19H40O4Si/c1-13(2)11-15(20)14(3)17-16(22-19(7,8)23-17)12-21-24(9,10)18(4,5)6/h13-17,20H,11-12H2,1-10H3/t14-,15-,16-,17+/m0/s1. The molecule has 4 atom stereocenters. The van der Waals surface area contributed by atoms with Crippen molar-refractivity contribution in [3.05, 3.63) is 0 Å². The maximum absolute atomic E-state index is 10.5. The third-order valence-corrected chi connectivity index (χ3v) is 9.97. The fourth-order valence-electron chi connectivity index (χ4n) is 2.86. The highest BCUT2D eigenvalue weighted by Crippen LogP contribution is 2.39. The number of hydrogen-bond acceptors (Lipinski definition) is 4. The molecule has 5 heteroatoms. The minimum absolute atomic E-state index is 0.0159. The lowest BCUT2D eigenvalue weighted by Crippen LogP contribution is -2.45. The van der Waals surface area contributed by atoms with Crippen molar-refractivity contribution in [1.82, 2.24) is 0 Å². The Morgan fingerprint density at radius 3 is 2.12 bits per heavy atom. The molecule has 1 heterocycles. The predicted octanol–water partition coefficient (Wildman–Crippen LogP) is 4.57. The summed E-state index contributed by atoms with van der Waals surface area (Å²) in [6, 6.07) is 0. The lowest BCUT2D eigenvalue weighted by atomic mass is 9.89. The summed E-state index contributed by atoms with van der Waals surface area (Å²) in [5.74, 6) is -0.153. The number of aliphatic hydroxyl groups excluding tert-OH is 1. The Morgan fingerprint density at radius 2 is 1.67 bits per heavy atom. The Morgan fingerprint density at radius 1 is 1.12 bits per heavy atom. The fraction of sp³-hybridized carbons (Fsp3) is 1.00. The van der Waals surface area contributed by atoms with Crippen LogP contribution in [0.1, 0.15) is 61.8 Å². The van der Waals surface area contributed by atoms with Crippen LogP contribution in [0.25, 0.3) is 0 Å². The van der Waals surface area contributed by atoms with E-state index in [0.717, 1.165) is 6.42 Å². The first-order valence-corrected chi connectivity index (χ1v) is 12.2. The summed E-state index contributed by atoms with van der Waals surface area (Å²) in [6.45, 7) is 21.9. The molecule has 0 spiro atoms. The highest BCUT2D eigenvalue weighted by atomic mass is 28.4. The van der Waals surface area contributed by atoms with E-state index in [9.17, 15) is 5.11 Å². The SMILES string of the molecule is CC(C)C[C@H](O)[C@H](C)[C@H]1OC(C)(C)O[C@H]1CO[Si](C)(C)C(C)(C)C. The second kappa shape index (κ2) is 7.75. The van der Waals surface area contributed by atoms with Gasteiger partial charge in [-0.3, -0.25) is 0 Å². The lowest BCUT2D eigenvalue weighted by Gasteiger charge is -2.37. The maximum Gasteiger partial charge on any atom is 0.192 e. The molecular formula is C19H40O4Si. The molecule has 1 aliphatic heterocycles. The Bertz CT molecular complexity index is 401. The van der Waals surface area contributed by atoms with E-state index in [-0.39, 0.29) is 29.3 Å². The van der Waals surface area contributed by atoms with Crippen LogP contribution in [0, 0.1) is 11.8 Å². The molecule has 1 N–H and O–H groups in total. The van der Waals surface area contributed by atoms with Crippen molar-refractivity contribution in [2.24, 2.45) is 11.8 Å². The molecule has 1 rings (SSSR count). The lowest BCUT2D eigenvalue weighted by molar-refractivity contribution is -0.155. The number of hydrogen-bond donors (Lipinski definition) is 1. The van der Waals surface area contributed by atoms with Crippen molar-refractivity contribution in [3.63, 3.8) is 0 Å². The molecule has 0 aromatic carbocycles. The molecular weight excluding hydrogens is 320 g/mol. The van der Waals surface area contributed by atoms with Gasteiger partial charge >= 0.3 is 0 Å². The molecule has 144 valence electrons. The van der Waals surface area contributed by atoms with Gasteiger partial charge in [0.15, 0.2) is 14.1 Å². The summed E-state index contributed by atoms with van der Waals surface area (Å²) >= 11 is 0. The molecule has 0 aliphatic carbocycles. The molecule has 4 nitrogen and oxygen atoms in total. The fourth-order valence-corrected chi connectivity index (χ4v) is 3.88. The van der Waals surface area contributed by atoms with E-state index >= 15 is 0 Å². The summed E-state index contributed by atoms with van der Waals surface area (Å²) in [5.41, 5.74) is 0. The average molecular weight is 361 g/mol. The van der Waals surface area contributed by atoms with E-state index in [4.69, 9.17) is 13.9 Å². The quantitative estimate of drug-likeness (QED) is 0.676. The third kappa shape index (κ3) is 5.80. The summed E-state index contributed by atoms with van der Waals surface area (Å²) in [4.78, 5) is 0. The van der Waals surface area contributed by atoms with Crippen molar-refractivity contribution in [2.75, 3.05) is 6.61 Å². The molecule has 0 saturated carbocycles. The van der Waals surface area contributed by atoms with Gasteiger partial charge in [-0.05, 0) is 44.3 Å². The van der Waals surface area contributed by atoms with Gasteiger partial charge in [-0.1, -0.05) is 41.5 Å². The van der Waals surface area contributed by atoms with E-state index in [0.29, 0.717) is 12.5 Å². The average Bonchev–Trinajstić information content (AvgIpc) is 2.68. The van der Waals surface area contributed by atoms with Crippen LogP contribution in [0.4, 0.5) is 0 Å². The first-order valence-electron chi connectivity index (χ1n) is 9.34. The normalized spacial score (nSPS) is 27.5. The topological polar surface area (TPSA) is 47.9 Å². The maximum atomic E-state index is 10.5. The van der Waals surface area contributed by atoms with Gasteiger partial charge in [0.05, 0.1) is 18.8 Å². The highest BCUT2D eigenvalue weighted by molar-refractivity contribution is 6.74. The smallest absolute Gasteiger partial charge is 0.192 e. The largest absolute Gasteiger partial charge is 0.414 e. The van der Waals surface area contributed by atoms with Crippen molar-refractivity contribution in [1.29, 1.82) is 0 Å². The van der Waals surface area contributed by atoms with Gasteiger partial charge in [0, 0.05) is 5.92 Å². The van der Waals surface area contributed by atoms with Crippen LogP contribution in [0.15, 0.2) is 0 Å². The zero-order chi connectivity index (χ0) is 18.9. The van der Waals surface area contributed by atoms with Gasteiger partial charge in [-0.2, -0.15) is 0 Å². The van der Waals surface area contributed by atoms with Crippen LogP contribution >= 0.6 is 0 Å². The minimum Gasteiger partial charge on any atom is -0.414 e. The van der Waals surface area contributed by atoms with Crippen LogP contribution in [0.5, 0.6) is 0 Å². The molecule has 0 unspecified atom stereocenters. The van der Waals surface area contributed by atoms with Crippen molar-refractivity contribution in [3.8, 4) is 0 Å². The van der Waals surface area contributed by atoms with Crippen LogP contribution in [0.3, 0.4) is 0 Å². The van der Waals surface area contributed by atoms with Crippen LogP contribution < -0.4 is 0 Å². The van der Waals surface area contributed by atoms with Crippen LogP contribution in [0.2, 0.25) is 18.1 Å². The Labute approximate surface area is 150 Å². The molecule has 0 bridgehead atoms. The third-order valence-electron chi connectivity index (χ3n) is 5.47. The van der Waals surface area contributed by atoms with E-state index in [2.05, 4.69) is 54.6 Å². The molecule has 0 radical (unpaired) electrons. The Hall–Kier alpha value is 0.0569. The second-order valence-corrected chi connectivity index (χ2v) is 14.6. The summed E-state index contributed by atoms with van der Waals surface area (Å²) in [7, 11) is -1.83. The zero-order valence-corrected chi connectivity index (χ0v) is 18.5. The molecule has 0 amide bonds. The van der Waals surface area contributed by atoms with Gasteiger partial charge in [0.25, 0.3) is 0 Å². The van der Waals surface area contributed by atoms with Crippen LogP contribution in [-0.4, -0.2) is 44.1 Å². The van der Waals surface area contributed by atoms with E-state index < -0.39 is 14.1 Å². The Balaban J connectivity index is 2.79. The first-order chi connectivity index (χ1) is 10.7. The number of aliphatic hydroxyl groups is 1. The zero-order valence-electron chi connectivity index (χ0n) is 17.5. The predicted molar refractivity (Wildman–Crippen MR) is 102 cm³/mol.